The van der Waals surface area contributed by atoms with E-state index in [9.17, 15) is 9.59 Å². The molecule has 0 aromatic heterocycles. The van der Waals surface area contributed by atoms with Gasteiger partial charge in [-0.15, -0.1) is 0 Å². The number of carbonyl (C=O) groups excluding carboxylic acids is 2. The third-order valence-electron chi connectivity index (χ3n) is 8.10. The van der Waals surface area contributed by atoms with Crippen molar-refractivity contribution in [3.05, 3.63) is 23.4 Å². The molecule has 1 heterocycles. The largest absolute Gasteiger partial charge is 0.453 e. The highest BCUT2D eigenvalue weighted by Crippen LogP contribution is 2.30. The summed E-state index contributed by atoms with van der Waals surface area (Å²) in [4.78, 5) is 26.2. The Bertz CT molecular complexity index is 733. The van der Waals surface area contributed by atoms with Gasteiger partial charge in [-0.05, 0) is 25.7 Å². The van der Waals surface area contributed by atoms with Gasteiger partial charge in [0, 0.05) is 30.4 Å². The quantitative estimate of drug-likeness (QED) is 0.134. The summed E-state index contributed by atoms with van der Waals surface area (Å²) in [7, 11) is 1.36. The molecule has 1 saturated carbocycles. The van der Waals surface area contributed by atoms with Crippen molar-refractivity contribution in [3.8, 4) is 0 Å². The number of hydrogen-bond acceptors (Lipinski definition) is 5. The minimum absolute atomic E-state index is 0.197. The van der Waals surface area contributed by atoms with E-state index in [-0.39, 0.29) is 12.7 Å². The molecule has 7 nitrogen and oxygen atoms in total. The van der Waals surface area contributed by atoms with E-state index in [1.54, 1.807) is 0 Å². The van der Waals surface area contributed by atoms with Crippen LogP contribution in [0.2, 0.25) is 0 Å². The van der Waals surface area contributed by atoms with Gasteiger partial charge in [-0.1, -0.05) is 115 Å². The number of unbranched alkanes of at least 4 members (excludes halogenated alkanes) is 15. The Kier molecular flexibility index (Phi) is 18.3. The maximum Gasteiger partial charge on any atom is 0.407 e. The first kappa shape index (κ1) is 33.0. The Morgan fingerprint density at radius 2 is 1.38 bits per heavy atom. The highest BCUT2D eigenvalue weighted by atomic mass is 16.5. The van der Waals surface area contributed by atoms with Crippen LogP contribution in [0.25, 0.3) is 0 Å². The second kappa shape index (κ2) is 21.6. The summed E-state index contributed by atoms with van der Waals surface area (Å²) >= 11 is 0. The average molecular weight is 548 g/mol. The molecule has 2 amide bonds. The first-order valence-corrected chi connectivity index (χ1v) is 16.0. The van der Waals surface area contributed by atoms with Gasteiger partial charge in [0.15, 0.2) is 0 Å². The maximum atomic E-state index is 12.3. The molecule has 39 heavy (non-hydrogen) atoms. The van der Waals surface area contributed by atoms with Crippen LogP contribution in [0.4, 0.5) is 9.59 Å². The predicted molar refractivity (Wildman–Crippen MR) is 160 cm³/mol. The molecule has 0 aromatic carbocycles. The third kappa shape index (κ3) is 14.7. The van der Waals surface area contributed by atoms with Crippen LogP contribution in [0.3, 0.4) is 0 Å². The van der Waals surface area contributed by atoms with Crippen LogP contribution < -0.4 is 10.6 Å². The summed E-state index contributed by atoms with van der Waals surface area (Å²) in [6.45, 7) is 4.31. The smallest absolute Gasteiger partial charge is 0.407 e. The number of hydrogen-bond donors (Lipinski definition) is 2. The van der Waals surface area contributed by atoms with Crippen LogP contribution in [0, 0.1) is 0 Å². The fourth-order valence-electron chi connectivity index (χ4n) is 5.40. The Hall–Kier alpha value is -2.18. The van der Waals surface area contributed by atoms with E-state index in [1.165, 1.54) is 103 Å². The lowest BCUT2D eigenvalue weighted by atomic mass is 9.89. The lowest BCUT2D eigenvalue weighted by Crippen LogP contribution is -2.44. The van der Waals surface area contributed by atoms with Gasteiger partial charge in [-0.3, -0.25) is 0 Å². The van der Waals surface area contributed by atoms with E-state index in [4.69, 9.17) is 9.47 Å². The number of nitrogens with one attached hydrogen (secondary N) is 2. The van der Waals surface area contributed by atoms with Crippen LogP contribution in [0.5, 0.6) is 0 Å². The third-order valence-corrected chi connectivity index (χ3v) is 8.10. The molecule has 0 saturated heterocycles. The first-order valence-electron chi connectivity index (χ1n) is 16.0. The fraction of sp³-hybridized carbons (Fsp3) is 0.812. The van der Waals surface area contributed by atoms with Gasteiger partial charge < -0.3 is 25.0 Å². The van der Waals surface area contributed by atoms with Gasteiger partial charge in [-0.2, -0.15) is 0 Å². The Labute approximate surface area is 238 Å². The summed E-state index contributed by atoms with van der Waals surface area (Å²) in [6.07, 6.45) is 28.2. The van der Waals surface area contributed by atoms with Crippen LogP contribution in [0.1, 0.15) is 129 Å². The second-order valence-electron chi connectivity index (χ2n) is 11.3. The molecule has 0 spiro atoms. The van der Waals surface area contributed by atoms with Crippen molar-refractivity contribution in [2.75, 3.05) is 33.4 Å². The van der Waals surface area contributed by atoms with Gasteiger partial charge in [0.05, 0.1) is 13.7 Å². The van der Waals surface area contributed by atoms with Gasteiger partial charge in [0.25, 0.3) is 0 Å². The van der Waals surface area contributed by atoms with E-state index in [1.807, 2.05) is 6.08 Å². The van der Waals surface area contributed by atoms with Crippen LogP contribution in [-0.4, -0.2) is 56.5 Å². The zero-order valence-electron chi connectivity index (χ0n) is 25.1. The molecule has 0 bridgehead atoms. The van der Waals surface area contributed by atoms with Gasteiger partial charge in [-0.25, -0.2) is 9.59 Å². The normalized spacial score (nSPS) is 15.3. The minimum Gasteiger partial charge on any atom is -0.453 e. The van der Waals surface area contributed by atoms with Crippen LogP contribution in [0.15, 0.2) is 23.4 Å². The van der Waals surface area contributed by atoms with Crippen molar-refractivity contribution < 1.29 is 19.1 Å². The van der Waals surface area contributed by atoms with E-state index in [0.717, 1.165) is 43.5 Å². The second-order valence-corrected chi connectivity index (χ2v) is 11.3. The highest BCUT2D eigenvalue weighted by molar-refractivity contribution is 5.68. The molecule has 1 fully saturated rings. The predicted octanol–water partition coefficient (Wildman–Crippen LogP) is 8.01. The summed E-state index contributed by atoms with van der Waals surface area (Å²) < 4.78 is 10.3. The van der Waals surface area contributed by atoms with Crippen molar-refractivity contribution in [2.45, 2.75) is 135 Å². The van der Waals surface area contributed by atoms with Gasteiger partial charge >= 0.3 is 12.2 Å². The molecule has 1 aliphatic carbocycles. The Balaban J connectivity index is 1.48. The molecule has 7 heteroatoms. The number of ether oxygens (including phenoxy) is 2. The number of methoxy groups -OCH3 is 1. The lowest BCUT2D eigenvalue weighted by molar-refractivity contribution is 0.147. The van der Waals surface area contributed by atoms with Gasteiger partial charge in [0.2, 0.25) is 0 Å². The van der Waals surface area contributed by atoms with Crippen molar-refractivity contribution >= 4 is 12.2 Å². The number of amides is 2. The van der Waals surface area contributed by atoms with Crippen LogP contribution in [-0.2, 0) is 9.47 Å². The number of alkyl carbamates (subject to hydrolysis) is 2. The summed E-state index contributed by atoms with van der Waals surface area (Å²) in [6, 6.07) is 0.489. The number of nitrogens with zero attached hydrogens (tertiary/aromatic N) is 1. The van der Waals surface area contributed by atoms with Crippen molar-refractivity contribution in [1.29, 1.82) is 0 Å². The van der Waals surface area contributed by atoms with Crippen molar-refractivity contribution in [3.63, 3.8) is 0 Å². The maximum absolute atomic E-state index is 12.3. The van der Waals surface area contributed by atoms with Gasteiger partial charge in [0.1, 0.15) is 6.61 Å². The molecule has 0 unspecified atom stereocenters. The summed E-state index contributed by atoms with van der Waals surface area (Å²) in [5, 5.41) is 5.68. The molecule has 1 aliphatic heterocycles. The highest BCUT2D eigenvalue weighted by Gasteiger charge is 2.29. The summed E-state index contributed by atoms with van der Waals surface area (Å²) in [5.41, 5.74) is 1.94. The average Bonchev–Trinajstić information content (AvgIpc) is 2.91. The Morgan fingerprint density at radius 3 is 1.90 bits per heavy atom. The van der Waals surface area contributed by atoms with E-state index >= 15 is 0 Å². The molecule has 0 radical (unpaired) electrons. The van der Waals surface area contributed by atoms with E-state index in [0.29, 0.717) is 19.1 Å². The fourth-order valence-corrected chi connectivity index (χ4v) is 5.40. The molecular formula is C32H57N3O4. The van der Waals surface area contributed by atoms with E-state index in [2.05, 4.69) is 28.5 Å². The molecular weight excluding hydrogens is 490 g/mol. The molecule has 0 atom stereocenters. The van der Waals surface area contributed by atoms with E-state index < -0.39 is 6.09 Å². The minimum atomic E-state index is -0.456. The zero-order valence-corrected chi connectivity index (χ0v) is 25.1. The lowest BCUT2D eigenvalue weighted by Gasteiger charge is -2.42. The monoisotopic (exact) mass is 547 g/mol. The first-order chi connectivity index (χ1) is 19.2. The standard InChI is InChI=1S/C32H57N3O4/c1-3-4-5-6-7-8-9-10-11-12-13-14-15-16-17-18-24-33-32(37)39-27-28-21-20-25-35(29-22-19-23-29)30(28)26-34-31(36)38-2/h20-21,29H,3-19,22-27H2,1-2H3,(H,33,37)(H,34,36). The molecule has 0 aromatic rings. The summed E-state index contributed by atoms with van der Waals surface area (Å²) in [5.74, 6) is 0. The topological polar surface area (TPSA) is 79.9 Å². The van der Waals surface area contributed by atoms with Crippen molar-refractivity contribution in [1.82, 2.24) is 15.5 Å². The molecule has 2 aliphatic rings. The zero-order chi connectivity index (χ0) is 28.0. The number of carbonyl (C=O) groups is 2. The SMILES string of the molecule is CCCCCCCCCCCCCCCCCCNC(=O)OCC1=C(CNC(=O)OC)N(C2CCC2)CC=C1. The Morgan fingerprint density at radius 1 is 0.821 bits per heavy atom. The molecule has 2 N–H and O–H groups in total. The molecule has 2 rings (SSSR count). The van der Waals surface area contributed by atoms with Crippen LogP contribution >= 0.6 is 0 Å². The molecule has 224 valence electrons. The number of rotatable bonds is 22. The van der Waals surface area contributed by atoms with Crippen molar-refractivity contribution in [2.24, 2.45) is 0 Å².